The first-order valence-electron chi connectivity index (χ1n) is 6.59. The predicted molar refractivity (Wildman–Crippen MR) is 71.0 cm³/mol. The maximum atomic E-state index is 11.8. The van der Waals surface area contributed by atoms with Crippen molar-refractivity contribution in [3.8, 4) is 0 Å². The minimum Gasteiger partial charge on any atom is -0.355 e. The van der Waals surface area contributed by atoms with Crippen molar-refractivity contribution in [3.63, 3.8) is 0 Å². The van der Waals surface area contributed by atoms with Crippen LogP contribution in [0.5, 0.6) is 0 Å². The second-order valence-corrected chi connectivity index (χ2v) is 4.74. The van der Waals surface area contributed by atoms with Crippen molar-refractivity contribution in [3.05, 3.63) is 29.7 Å². The smallest absolute Gasteiger partial charge is 0.256 e. The molecule has 0 aliphatic carbocycles. The Bertz CT molecular complexity index is 600. The molecule has 3 rings (SSSR count). The van der Waals surface area contributed by atoms with Crippen molar-refractivity contribution < 1.29 is 4.79 Å². The number of piperidine rings is 1. The van der Waals surface area contributed by atoms with Gasteiger partial charge in [0.25, 0.3) is 5.91 Å². The van der Waals surface area contributed by atoms with E-state index in [2.05, 4.69) is 20.7 Å². The molecule has 3 heterocycles. The third-order valence-corrected chi connectivity index (χ3v) is 3.57. The second-order valence-electron chi connectivity index (χ2n) is 4.74. The summed E-state index contributed by atoms with van der Waals surface area (Å²) in [5, 5.41) is 10.4. The molecule has 2 aromatic rings. The van der Waals surface area contributed by atoms with E-state index >= 15 is 0 Å². The van der Waals surface area contributed by atoms with Crippen molar-refractivity contribution in [2.45, 2.75) is 25.3 Å². The Morgan fingerprint density at radius 3 is 3.16 bits per heavy atom. The summed E-state index contributed by atoms with van der Waals surface area (Å²) in [5.41, 5.74) is 2.20. The Balaban J connectivity index is 2.06. The Morgan fingerprint density at radius 2 is 2.42 bits per heavy atom. The van der Waals surface area contributed by atoms with Crippen LogP contribution in [0.3, 0.4) is 0 Å². The van der Waals surface area contributed by atoms with Crippen LogP contribution in [0, 0.1) is 0 Å². The highest BCUT2D eigenvalue weighted by molar-refractivity contribution is 5.99. The molecular weight excluding hydrogens is 242 g/mol. The quantitative estimate of drug-likeness (QED) is 0.840. The van der Waals surface area contributed by atoms with E-state index in [0.717, 1.165) is 18.7 Å². The van der Waals surface area contributed by atoms with Gasteiger partial charge in [-0.15, -0.1) is 0 Å². The van der Waals surface area contributed by atoms with Crippen LogP contribution in [0.1, 0.15) is 41.4 Å². The lowest BCUT2D eigenvalue weighted by Crippen LogP contribution is -2.28. The largest absolute Gasteiger partial charge is 0.355 e. The Kier molecular flexibility index (Phi) is 3.16. The SMILES string of the molecule is CNC(=O)c1cnn2c([C@H]3CCCCN3)ccnc12. The van der Waals surface area contributed by atoms with Crippen LogP contribution in [-0.4, -0.2) is 34.1 Å². The van der Waals surface area contributed by atoms with Gasteiger partial charge in [-0.25, -0.2) is 9.50 Å². The molecule has 2 N–H and O–H groups in total. The van der Waals surface area contributed by atoms with Crippen molar-refractivity contribution in [2.75, 3.05) is 13.6 Å². The first kappa shape index (κ1) is 12.1. The number of nitrogens with zero attached hydrogens (tertiary/aromatic N) is 3. The molecule has 19 heavy (non-hydrogen) atoms. The maximum Gasteiger partial charge on any atom is 0.256 e. The van der Waals surface area contributed by atoms with Gasteiger partial charge in [-0.1, -0.05) is 6.42 Å². The monoisotopic (exact) mass is 259 g/mol. The minimum atomic E-state index is -0.156. The highest BCUT2D eigenvalue weighted by atomic mass is 16.1. The lowest BCUT2D eigenvalue weighted by molar-refractivity contribution is 0.0964. The Morgan fingerprint density at radius 1 is 1.53 bits per heavy atom. The molecule has 1 aliphatic rings. The highest BCUT2D eigenvalue weighted by Gasteiger charge is 2.20. The van der Waals surface area contributed by atoms with Gasteiger partial charge in [0.05, 0.1) is 11.9 Å². The molecule has 6 heteroatoms. The van der Waals surface area contributed by atoms with Crippen LogP contribution in [0.25, 0.3) is 5.65 Å². The molecule has 1 atom stereocenters. The maximum absolute atomic E-state index is 11.8. The van der Waals surface area contributed by atoms with Crippen LogP contribution in [0.4, 0.5) is 0 Å². The third kappa shape index (κ3) is 2.08. The number of rotatable bonds is 2. The molecule has 0 saturated carbocycles. The molecule has 1 amide bonds. The van der Waals surface area contributed by atoms with Gasteiger partial charge < -0.3 is 10.6 Å². The van der Waals surface area contributed by atoms with E-state index in [4.69, 9.17) is 0 Å². The molecule has 1 fully saturated rings. The fraction of sp³-hybridized carbons (Fsp3) is 0.462. The zero-order valence-electron chi connectivity index (χ0n) is 10.9. The van der Waals surface area contributed by atoms with E-state index in [-0.39, 0.29) is 11.9 Å². The first-order valence-corrected chi connectivity index (χ1v) is 6.59. The normalized spacial score (nSPS) is 19.5. The number of carbonyl (C=O) groups excluding carboxylic acids is 1. The number of carbonyl (C=O) groups is 1. The summed E-state index contributed by atoms with van der Waals surface area (Å²) in [6.07, 6.45) is 6.84. The van der Waals surface area contributed by atoms with Crippen LogP contribution in [0.2, 0.25) is 0 Å². The summed E-state index contributed by atoms with van der Waals surface area (Å²) < 4.78 is 1.77. The van der Waals surface area contributed by atoms with Gasteiger partial charge >= 0.3 is 0 Å². The molecule has 6 nitrogen and oxygen atoms in total. The lowest BCUT2D eigenvalue weighted by Gasteiger charge is -2.23. The average molecular weight is 259 g/mol. The summed E-state index contributed by atoms with van der Waals surface area (Å²) in [6, 6.07) is 2.26. The molecule has 0 bridgehead atoms. The number of amides is 1. The highest BCUT2D eigenvalue weighted by Crippen LogP contribution is 2.23. The van der Waals surface area contributed by atoms with Crippen molar-refractivity contribution in [2.24, 2.45) is 0 Å². The first-order chi connectivity index (χ1) is 9.31. The van der Waals surface area contributed by atoms with E-state index in [1.807, 2.05) is 6.07 Å². The predicted octanol–water partition coefficient (Wildman–Crippen LogP) is 0.903. The zero-order chi connectivity index (χ0) is 13.2. The van der Waals surface area contributed by atoms with Crippen LogP contribution >= 0.6 is 0 Å². The number of hydrogen-bond donors (Lipinski definition) is 2. The topological polar surface area (TPSA) is 71.3 Å². The number of nitrogens with one attached hydrogen (secondary N) is 2. The molecule has 1 saturated heterocycles. The summed E-state index contributed by atoms with van der Waals surface area (Å²) in [7, 11) is 1.61. The number of fused-ring (bicyclic) bond motifs is 1. The molecule has 2 aromatic heterocycles. The van der Waals surface area contributed by atoms with Crippen molar-refractivity contribution in [1.82, 2.24) is 25.2 Å². The lowest BCUT2D eigenvalue weighted by atomic mass is 10.0. The Hall–Kier alpha value is -1.95. The van der Waals surface area contributed by atoms with Crippen molar-refractivity contribution in [1.29, 1.82) is 0 Å². The van der Waals surface area contributed by atoms with Crippen LogP contribution in [-0.2, 0) is 0 Å². The number of hydrogen-bond acceptors (Lipinski definition) is 4. The summed E-state index contributed by atoms with van der Waals surface area (Å²) in [5.74, 6) is -0.156. The van der Waals surface area contributed by atoms with E-state index < -0.39 is 0 Å². The second kappa shape index (κ2) is 4.97. The summed E-state index contributed by atoms with van der Waals surface area (Å²) >= 11 is 0. The van der Waals surface area contributed by atoms with Gasteiger partial charge in [-0.2, -0.15) is 5.10 Å². The minimum absolute atomic E-state index is 0.156. The fourth-order valence-electron chi connectivity index (χ4n) is 2.57. The average Bonchev–Trinajstić information content (AvgIpc) is 2.91. The molecule has 0 unspecified atom stereocenters. The van der Waals surface area contributed by atoms with Crippen LogP contribution in [0.15, 0.2) is 18.5 Å². The summed E-state index contributed by atoms with van der Waals surface area (Å²) in [6.45, 7) is 1.03. The molecule has 1 aliphatic heterocycles. The molecule has 0 aromatic carbocycles. The van der Waals surface area contributed by atoms with Crippen molar-refractivity contribution >= 4 is 11.6 Å². The van der Waals surface area contributed by atoms with Gasteiger partial charge in [0, 0.05) is 19.3 Å². The van der Waals surface area contributed by atoms with E-state index in [1.165, 1.54) is 12.8 Å². The van der Waals surface area contributed by atoms with Crippen LogP contribution < -0.4 is 10.6 Å². The molecule has 0 radical (unpaired) electrons. The molecular formula is C13H17N5O. The Labute approximate surface area is 111 Å². The molecule has 0 spiro atoms. The van der Waals surface area contributed by atoms with Gasteiger partial charge in [-0.3, -0.25) is 4.79 Å². The standard InChI is InChI=1S/C13H17N5O/c1-14-13(19)9-8-17-18-11(5-7-16-12(9)18)10-4-2-3-6-15-10/h5,7-8,10,15H,2-4,6H2,1H3,(H,14,19)/t10-/m1/s1. The van der Waals surface area contributed by atoms with E-state index in [1.54, 1.807) is 24.0 Å². The fourth-order valence-corrected chi connectivity index (χ4v) is 2.57. The van der Waals surface area contributed by atoms with Gasteiger partial charge in [0.15, 0.2) is 5.65 Å². The zero-order valence-corrected chi connectivity index (χ0v) is 10.9. The van der Waals surface area contributed by atoms with E-state index in [0.29, 0.717) is 11.2 Å². The van der Waals surface area contributed by atoms with E-state index in [9.17, 15) is 4.79 Å². The van der Waals surface area contributed by atoms with Gasteiger partial charge in [0.1, 0.15) is 5.56 Å². The summed E-state index contributed by atoms with van der Waals surface area (Å²) in [4.78, 5) is 16.0. The number of aromatic nitrogens is 3. The van der Waals surface area contributed by atoms with Gasteiger partial charge in [0.2, 0.25) is 0 Å². The van der Waals surface area contributed by atoms with Gasteiger partial charge in [-0.05, 0) is 25.5 Å². The molecule has 100 valence electrons. The third-order valence-electron chi connectivity index (χ3n) is 3.57.